The number of hydrogen-bond donors (Lipinski definition) is 1. The molecule has 2 N–H and O–H groups in total. The molecule has 0 heterocycles. The minimum atomic E-state index is -0.309. The van der Waals surface area contributed by atoms with Crippen LogP contribution < -0.4 is 5.73 Å². The van der Waals surface area contributed by atoms with Gasteiger partial charge < -0.3 is 15.2 Å². The molecule has 3 fully saturated rings. The fraction of sp³-hybridized carbons (Fsp3) is 0.800. The number of carbonyl (C=O) groups is 3. The number of nitrogens with two attached hydrogens (primary N) is 1. The molecular formula is C25H39NO5. The quantitative estimate of drug-likeness (QED) is 0.497. The molecule has 31 heavy (non-hydrogen) atoms. The number of allylic oxidation sites excluding steroid dienone is 1. The fourth-order valence-corrected chi connectivity index (χ4v) is 7.02. The van der Waals surface area contributed by atoms with Gasteiger partial charge in [0.1, 0.15) is 12.2 Å². The van der Waals surface area contributed by atoms with E-state index < -0.39 is 0 Å². The molecule has 3 aliphatic rings. The Balaban J connectivity index is 1.91. The summed E-state index contributed by atoms with van der Waals surface area (Å²) >= 11 is 0. The van der Waals surface area contributed by atoms with E-state index in [9.17, 15) is 14.4 Å². The van der Waals surface area contributed by atoms with Crippen molar-refractivity contribution in [2.75, 3.05) is 0 Å². The van der Waals surface area contributed by atoms with E-state index in [2.05, 4.69) is 20.4 Å². The second kappa shape index (κ2) is 8.95. The zero-order valence-electron chi connectivity index (χ0n) is 19.6. The molecule has 0 bridgehead atoms. The molecule has 0 aliphatic heterocycles. The Labute approximate surface area is 186 Å². The number of ether oxygens (including phenoxy) is 2. The van der Waals surface area contributed by atoms with Gasteiger partial charge in [0.15, 0.2) is 0 Å². The highest BCUT2D eigenvalue weighted by Crippen LogP contribution is 2.62. The van der Waals surface area contributed by atoms with Crippen LogP contribution in [0.25, 0.3) is 0 Å². The smallest absolute Gasteiger partial charge is 0.302 e. The van der Waals surface area contributed by atoms with Crippen LogP contribution >= 0.6 is 0 Å². The summed E-state index contributed by atoms with van der Waals surface area (Å²) in [7, 11) is 0. The first kappa shape index (κ1) is 23.8. The predicted octanol–water partition coefficient (Wildman–Crippen LogP) is 4.30. The first-order chi connectivity index (χ1) is 14.5. The Morgan fingerprint density at radius 3 is 2.32 bits per heavy atom. The maximum absolute atomic E-state index is 12.1. The summed E-state index contributed by atoms with van der Waals surface area (Å²) in [6.07, 6.45) is 7.10. The minimum absolute atomic E-state index is 0.0185. The minimum Gasteiger partial charge on any atom is -0.463 e. The summed E-state index contributed by atoms with van der Waals surface area (Å²) < 4.78 is 11.6. The van der Waals surface area contributed by atoms with Crippen molar-refractivity contribution in [1.82, 2.24) is 0 Å². The maximum Gasteiger partial charge on any atom is 0.302 e. The standard InChI is InChI=1S/C25H39NO5/c1-15-6-8-20-23(31-17(3)28)21(11-13-24(15,20)4)25(5)12-10-19(30-16(2)27)14-18(25)7-9-22(26)29/h18-21,23H,1,6-14H2,2-5H3,(H2,26,29)/t18-,19-,20?,21?,23?,24?,25-/m0/s1. The summed E-state index contributed by atoms with van der Waals surface area (Å²) in [6.45, 7) is 11.8. The average molecular weight is 434 g/mol. The molecule has 0 saturated heterocycles. The third-order valence-electron chi connectivity index (χ3n) is 8.86. The van der Waals surface area contributed by atoms with Crippen molar-refractivity contribution in [1.29, 1.82) is 0 Å². The largest absolute Gasteiger partial charge is 0.463 e. The Bertz CT molecular complexity index is 748. The van der Waals surface area contributed by atoms with Crippen molar-refractivity contribution in [2.45, 2.75) is 97.7 Å². The second-order valence-electron chi connectivity index (χ2n) is 10.6. The number of amides is 1. The van der Waals surface area contributed by atoms with Crippen LogP contribution in [-0.2, 0) is 23.9 Å². The summed E-state index contributed by atoms with van der Waals surface area (Å²) in [4.78, 5) is 35.3. The van der Waals surface area contributed by atoms with E-state index in [0.29, 0.717) is 12.8 Å². The number of carbonyl (C=O) groups excluding carboxylic acids is 3. The number of primary amides is 1. The van der Waals surface area contributed by atoms with E-state index in [1.165, 1.54) is 19.4 Å². The van der Waals surface area contributed by atoms with E-state index >= 15 is 0 Å². The average Bonchev–Trinajstić information content (AvgIpc) is 2.97. The normalized spacial score (nSPS) is 40.1. The summed E-state index contributed by atoms with van der Waals surface area (Å²) in [5.74, 6) is -0.147. The fourth-order valence-electron chi connectivity index (χ4n) is 7.02. The molecule has 7 atom stereocenters. The number of rotatable bonds is 6. The Hall–Kier alpha value is -1.85. The molecule has 6 nitrogen and oxygen atoms in total. The lowest BCUT2D eigenvalue weighted by atomic mass is 9.51. The Kier molecular flexibility index (Phi) is 6.87. The highest BCUT2D eigenvalue weighted by molar-refractivity contribution is 5.73. The van der Waals surface area contributed by atoms with Crippen molar-refractivity contribution in [2.24, 2.45) is 34.3 Å². The van der Waals surface area contributed by atoms with Gasteiger partial charge in [-0.3, -0.25) is 14.4 Å². The van der Waals surface area contributed by atoms with Crippen LogP contribution in [0.1, 0.15) is 85.5 Å². The van der Waals surface area contributed by atoms with Gasteiger partial charge in [-0.25, -0.2) is 0 Å². The van der Waals surface area contributed by atoms with Gasteiger partial charge in [-0.15, -0.1) is 0 Å². The molecule has 0 aromatic carbocycles. The second-order valence-corrected chi connectivity index (χ2v) is 10.6. The zero-order chi connectivity index (χ0) is 23.0. The van der Waals surface area contributed by atoms with Crippen LogP contribution in [0.3, 0.4) is 0 Å². The van der Waals surface area contributed by atoms with Crippen molar-refractivity contribution in [3.05, 3.63) is 12.2 Å². The maximum atomic E-state index is 12.1. The summed E-state index contributed by atoms with van der Waals surface area (Å²) in [5.41, 5.74) is 6.67. The van der Waals surface area contributed by atoms with E-state index in [1.54, 1.807) is 0 Å². The third-order valence-corrected chi connectivity index (χ3v) is 8.86. The van der Waals surface area contributed by atoms with Gasteiger partial charge in [0.05, 0.1) is 0 Å². The molecule has 6 heteroatoms. The Morgan fingerprint density at radius 1 is 1.03 bits per heavy atom. The van der Waals surface area contributed by atoms with Crippen LogP contribution in [0.5, 0.6) is 0 Å². The lowest BCUT2D eigenvalue weighted by molar-refractivity contribution is -0.176. The molecular weight excluding hydrogens is 394 g/mol. The summed E-state index contributed by atoms with van der Waals surface area (Å²) in [5, 5.41) is 0. The molecule has 4 unspecified atom stereocenters. The van der Waals surface area contributed by atoms with E-state index in [1.807, 2.05) is 0 Å². The van der Waals surface area contributed by atoms with E-state index in [0.717, 1.165) is 44.9 Å². The van der Waals surface area contributed by atoms with Crippen LogP contribution in [-0.4, -0.2) is 30.1 Å². The monoisotopic (exact) mass is 433 g/mol. The van der Waals surface area contributed by atoms with Gasteiger partial charge in [0.25, 0.3) is 0 Å². The molecule has 174 valence electrons. The van der Waals surface area contributed by atoms with Crippen molar-refractivity contribution < 1.29 is 23.9 Å². The van der Waals surface area contributed by atoms with Gasteiger partial charge in [-0.05, 0) is 68.1 Å². The van der Waals surface area contributed by atoms with Crippen LogP contribution in [0.2, 0.25) is 0 Å². The zero-order valence-corrected chi connectivity index (χ0v) is 19.6. The molecule has 3 saturated carbocycles. The topological polar surface area (TPSA) is 95.7 Å². The van der Waals surface area contributed by atoms with Crippen LogP contribution in [0.4, 0.5) is 0 Å². The van der Waals surface area contributed by atoms with Crippen LogP contribution in [0, 0.1) is 28.6 Å². The highest BCUT2D eigenvalue weighted by atomic mass is 16.5. The summed E-state index contributed by atoms with van der Waals surface area (Å²) in [6, 6.07) is 0. The first-order valence-corrected chi connectivity index (χ1v) is 11.8. The molecule has 3 rings (SSSR count). The van der Waals surface area contributed by atoms with Crippen molar-refractivity contribution in [3.63, 3.8) is 0 Å². The Morgan fingerprint density at radius 2 is 1.71 bits per heavy atom. The lowest BCUT2D eigenvalue weighted by Gasteiger charge is -2.56. The van der Waals surface area contributed by atoms with Crippen molar-refractivity contribution >= 4 is 17.8 Å². The first-order valence-electron chi connectivity index (χ1n) is 11.8. The molecule has 1 amide bonds. The van der Waals surface area contributed by atoms with E-state index in [4.69, 9.17) is 15.2 Å². The van der Waals surface area contributed by atoms with Gasteiger partial charge in [-0.2, -0.15) is 0 Å². The highest BCUT2D eigenvalue weighted by Gasteiger charge is 2.58. The van der Waals surface area contributed by atoms with Gasteiger partial charge >= 0.3 is 11.9 Å². The number of fused-ring (bicyclic) bond motifs is 1. The van der Waals surface area contributed by atoms with Gasteiger partial charge in [0, 0.05) is 32.1 Å². The van der Waals surface area contributed by atoms with Crippen molar-refractivity contribution in [3.8, 4) is 0 Å². The predicted molar refractivity (Wildman–Crippen MR) is 118 cm³/mol. The number of esters is 2. The third kappa shape index (κ3) is 4.68. The molecule has 0 radical (unpaired) electrons. The van der Waals surface area contributed by atoms with Crippen LogP contribution in [0.15, 0.2) is 12.2 Å². The van der Waals surface area contributed by atoms with Gasteiger partial charge in [-0.1, -0.05) is 26.0 Å². The lowest BCUT2D eigenvalue weighted by Crippen LogP contribution is -2.54. The van der Waals surface area contributed by atoms with Gasteiger partial charge in [0.2, 0.25) is 5.91 Å². The molecule has 0 spiro atoms. The molecule has 0 aromatic heterocycles. The molecule has 3 aliphatic carbocycles. The molecule has 0 aromatic rings. The number of hydrogen-bond acceptors (Lipinski definition) is 5. The SMILES string of the molecule is C=C1CCC2C(OC(C)=O)C([C@@]3(C)CC[C@H](OC(C)=O)C[C@@H]3CCC(N)=O)CCC12C. The van der Waals surface area contributed by atoms with E-state index in [-0.39, 0.29) is 58.6 Å².